The molecule has 136 valence electrons. The second-order valence-electron chi connectivity index (χ2n) is 6.10. The summed E-state index contributed by atoms with van der Waals surface area (Å²) in [5.74, 6) is 0.173. The van der Waals surface area contributed by atoms with Gasteiger partial charge in [-0.1, -0.05) is 13.0 Å². The molecular formula is C16H26N2O4S2. The summed E-state index contributed by atoms with van der Waals surface area (Å²) in [7, 11) is -1.73. The van der Waals surface area contributed by atoms with Crippen LogP contribution in [-0.2, 0) is 19.6 Å². The van der Waals surface area contributed by atoms with Gasteiger partial charge in [0.15, 0.2) is 0 Å². The minimum Gasteiger partial charge on any atom is -0.385 e. The van der Waals surface area contributed by atoms with Crippen molar-refractivity contribution in [3.63, 3.8) is 0 Å². The van der Waals surface area contributed by atoms with Gasteiger partial charge in [-0.05, 0) is 36.6 Å². The first kappa shape index (κ1) is 19.4. The van der Waals surface area contributed by atoms with Crippen molar-refractivity contribution in [3.05, 3.63) is 17.5 Å². The number of nitrogens with one attached hydrogen (secondary N) is 1. The van der Waals surface area contributed by atoms with Gasteiger partial charge in [0.25, 0.3) is 10.0 Å². The fourth-order valence-electron chi connectivity index (χ4n) is 2.96. The molecule has 1 saturated heterocycles. The number of piperidine rings is 1. The Kier molecular flexibility index (Phi) is 7.21. The highest BCUT2D eigenvalue weighted by atomic mass is 32.2. The summed E-state index contributed by atoms with van der Waals surface area (Å²) in [6.45, 7) is 4.13. The van der Waals surface area contributed by atoms with Crippen LogP contribution >= 0.6 is 11.3 Å². The Morgan fingerprint density at radius 3 is 2.75 bits per heavy atom. The molecule has 1 atom stereocenters. The molecule has 1 aliphatic rings. The molecule has 1 aromatic heterocycles. The molecule has 1 fully saturated rings. The first-order valence-electron chi connectivity index (χ1n) is 8.27. The maximum atomic E-state index is 12.5. The molecule has 2 rings (SSSR count). The number of hydrogen-bond acceptors (Lipinski definition) is 5. The Balaban J connectivity index is 1.82. The van der Waals surface area contributed by atoms with Crippen molar-refractivity contribution in [3.8, 4) is 0 Å². The number of nitrogens with zero attached hydrogens (tertiary/aromatic N) is 1. The van der Waals surface area contributed by atoms with Gasteiger partial charge in [0.1, 0.15) is 4.21 Å². The molecule has 0 saturated carbocycles. The van der Waals surface area contributed by atoms with Crippen LogP contribution in [0, 0.1) is 11.8 Å². The van der Waals surface area contributed by atoms with Gasteiger partial charge in [-0.2, -0.15) is 4.31 Å². The normalized spacial score (nSPS) is 18.4. The number of amides is 1. The number of methoxy groups -OCH3 is 1. The molecule has 0 radical (unpaired) electrons. The molecular weight excluding hydrogens is 348 g/mol. The summed E-state index contributed by atoms with van der Waals surface area (Å²) < 4.78 is 31.9. The van der Waals surface area contributed by atoms with Crippen LogP contribution in [-0.4, -0.2) is 52.0 Å². The number of rotatable bonds is 8. The molecule has 1 N–H and O–H groups in total. The zero-order valence-corrected chi connectivity index (χ0v) is 15.9. The lowest BCUT2D eigenvalue weighted by molar-refractivity contribution is -0.126. The number of ether oxygens (including phenoxy) is 1. The van der Waals surface area contributed by atoms with E-state index < -0.39 is 10.0 Å². The van der Waals surface area contributed by atoms with E-state index in [9.17, 15) is 13.2 Å². The molecule has 2 heterocycles. The van der Waals surface area contributed by atoms with Crippen LogP contribution in [0.4, 0.5) is 0 Å². The number of carbonyl (C=O) groups is 1. The van der Waals surface area contributed by atoms with Crippen molar-refractivity contribution in [2.24, 2.45) is 11.8 Å². The summed E-state index contributed by atoms with van der Waals surface area (Å²) in [6, 6.07) is 3.39. The van der Waals surface area contributed by atoms with E-state index in [-0.39, 0.29) is 17.7 Å². The Hall–Kier alpha value is -0.960. The number of hydrogen-bond donors (Lipinski definition) is 1. The summed E-state index contributed by atoms with van der Waals surface area (Å²) in [5.41, 5.74) is 0. The van der Waals surface area contributed by atoms with E-state index >= 15 is 0 Å². The third kappa shape index (κ3) is 4.78. The van der Waals surface area contributed by atoms with E-state index in [0.717, 1.165) is 19.3 Å². The second kappa shape index (κ2) is 8.94. The van der Waals surface area contributed by atoms with Gasteiger partial charge >= 0.3 is 0 Å². The van der Waals surface area contributed by atoms with Crippen LogP contribution in [0.25, 0.3) is 0 Å². The third-order valence-electron chi connectivity index (χ3n) is 4.53. The van der Waals surface area contributed by atoms with Gasteiger partial charge in [-0.15, -0.1) is 11.3 Å². The molecule has 0 aromatic carbocycles. The minimum absolute atomic E-state index is 0.0469. The average molecular weight is 375 g/mol. The number of thiophene rings is 1. The first-order valence-corrected chi connectivity index (χ1v) is 10.6. The van der Waals surface area contributed by atoms with Crippen molar-refractivity contribution in [2.75, 3.05) is 33.4 Å². The Morgan fingerprint density at radius 1 is 1.46 bits per heavy atom. The highest BCUT2D eigenvalue weighted by molar-refractivity contribution is 7.91. The summed E-state index contributed by atoms with van der Waals surface area (Å²) in [4.78, 5) is 12.2. The molecule has 24 heavy (non-hydrogen) atoms. The Bertz CT molecular complexity index is 608. The second-order valence-corrected chi connectivity index (χ2v) is 9.21. The fraction of sp³-hybridized carbons (Fsp3) is 0.688. The van der Waals surface area contributed by atoms with Crippen LogP contribution in [0.15, 0.2) is 21.7 Å². The van der Waals surface area contributed by atoms with E-state index in [2.05, 4.69) is 5.32 Å². The molecule has 8 heteroatoms. The standard InChI is InChI=1S/C16H26N2O4S2/c1-13(16(19)17-8-4-11-22-2)14-6-9-18(10-7-14)24(20,21)15-5-3-12-23-15/h3,5,12-14H,4,6-11H2,1-2H3,(H,17,19). The quantitative estimate of drug-likeness (QED) is 0.706. The summed E-state index contributed by atoms with van der Waals surface area (Å²) >= 11 is 1.24. The fourth-order valence-corrected chi connectivity index (χ4v) is 5.57. The van der Waals surface area contributed by atoms with Gasteiger partial charge in [-0.25, -0.2) is 8.42 Å². The van der Waals surface area contributed by atoms with Crippen molar-refractivity contribution in [2.45, 2.75) is 30.4 Å². The number of sulfonamides is 1. The van der Waals surface area contributed by atoms with E-state index in [1.54, 1.807) is 28.9 Å². The molecule has 1 aliphatic heterocycles. The van der Waals surface area contributed by atoms with E-state index in [0.29, 0.717) is 30.5 Å². The lowest BCUT2D eigenvalue weighted by Gasteiger charge is -2.33. The van der Waals surface area contributed by atoms with Crippen molar-refractivity contribution >= 4 is 27.3 Å². The smallest absolute Gasteiger partial charge is 0.252 e. The predicted molar refractivity (Wildman–Crippen MR) is 94.5 cm³/mol. The van der Waals surface area contributed by atoms with Crippen LogP contribution in [0.1, 0.15) is 26.2 Å². The van der Waals surface area contributed by atoms with E-state index in [1.165, 1.54) is 11.3 Å². The minimum atomic E-state index is -3.37. The summed E-state index contributed by atoms with van der Waals surface area (Å²) in [6.07, 6.45) is 2.24. The van der Waals surface area contributed by atoms with Crippen LogP contribution in [0.5, 0.6) is 0 Å². The van der Waals surface area contributed by atoms with Crippen LogP contribution in [0.3, 0.4) is 0 Å². The molecule has 0 bridgehead atoms. The lowest BCUT2D eigenvalue weighted by atomic mass is 9.85. The third-order valence-corrected chi connectivity index (χ3v) is 7.80. The highest BCUT2D eigenvalue weighted by Crippen LogP contribution is 2.29. The van der Waals surface area contributed by atoms with Gasteiger partial charge in [0.05, 0.1) is 0 Å². The predicted octanol–water partition coefficient (Wildman–Crippen LogP) is 1.94. The van der Waals surface area contributed by atoms with Crippen molar-refractivity contribution < 1.29 is 17.9 Å². The van der Waals surface area contributed by atoms with Gasteiger partial charge < -0.3 is 10.1 Å². The zero-order chi connectivity index (χ0) is 17.6. The maximum Gasteiger partial charge on any atom is 0.252 e. The molecule has 1 unspecified atom stereocenters. The van der Waals surface area contributed by atoms with Crippen molar-refractivity contribution in [1.82, 2.24) is 9.62 Å². The monoisotopic (exact) mass is 374 g/mol. The lowest BCUT2D eigenvalue weighted by Crippen LogP contribution is -2.42. The maximum absolute atomic E-state index is 12.5. The Labute approximate surface area is 148 Å². The zero-order valence-electron chi connectivity index (χ0n) is 14.2. The average Bonchev–Trinajstić information content (AvgIpc) is 3.13. The Morgan fingerprint density at radius 2 is 2.17 bits per heavy atom. The van der Waals surface area contributed by atoms with E-state index in [1.807, 2.05) is 6.92 Å². The van der Waals surface area contributed by atoms with Gasteiger partial charge in [0, 0.05) is 39.3 Å². The van der Waals surface area contributed by atoms with Crippen LogP contribution < -0.4 is 5.32 Å². The van der Waals surface area contributed by atoms with Gasteiger partial charge in [0.2, 0.25) is 5.91 Å². The molecule has 0 spiro atoms. The van der Waals surface area contributed by atoms with E-state index in [4.69, 9.17) is 4.74 Å². The summed E-state index contributed by atoms with van der Waals surface area (Å²) in [5, 5.41) is 4.70. The topological polar surface area (TPSA) is 75.7 Å². The first-order chi connectivity index (χ1) is 11.5. The number of carbonyl (C=O) groups excluding carboxylic acids is 1. The molecule has 1 aromatic rings. The van der Waals surface area contributed by atoms with Crippen molar-refractivity contribution in [1.29, 1.82) is 0 Å². The molecule has 6 nitrogen and oxygen atoms in total. The largest absolute Gasteiger partial charge is 0.385 e. The molecule has 1 amide bonds. The van der Waals surface area contributed by atoms with Gasteiger partial charge in [-0.3, -0.25) is 4.79 Å². The highest BCUT2D eigenvalue weighted by Gasteiger charge is 2.33. The SMILES string of the molecule is COCCCNC(=O)C(C)C1CCN(S(=O)(=O)c2cccs2)CC1. The van der Waals surface area contributed by atoms with Crippen LogP contribution in [0.2, 0.25) is 0 Å². The molecule has 0 aliphatic carbocycles.